The molecule has 0 aliphatic carbocycles. The number of sulfonamides is 1. The molecule has 0 fully saturated rings. The highest BCUT2D eigenvalue weighted by atomic mass is 79.9. The summed E-state index contributed by atoms with van der Waals surface area (Å²) in [4.78, 5) is 13.0. The van der Waals surface area contributed by atoms with E-state index < -0.39 is 15.9 Å². The van der Waals surface area contributed by atoms with Crippen LogP contribution in [-0.2, 0) is 21.4 Å². The second kappa shape index (κ2) is 11.3. The van der Waals surface area contributed by atoms with Gasteiger partial charge in [-0.3, -0.25) is 4.79 Å². The smallest absolute Gasteiger partial charge is 0.243 e. The number of carbonyl (C=O) groups is 1. The Morgan fingerprint density at radius 3 is 2.12 bits per heavy atom. The molecule has 3 aromatic rings. The van der Waals surface area contributed by atoms with Crippen molar-refractivity contribution < 1.29 is 13.2 Å². The predicted octanol–water partition coefficient (Wildman–Crippen LogP) is 6.59. The Labute approximate surface area is 220 Å². The van der Waals surface area contributed by atoms with E-state index in [1.54, 1.807) is 30.3 Å². The summed E-state index contributed by atoms with van der Waals surface area (Å²) in [5.74, 6) is -0.434. The minimum absolute atomic E-state index is 0.0737. The Hall–Kier alpha value is -1.42. The van der Waals surface area contributed by atoms with Crippen LogP contribution in [0.2, 0.25) is 10.0 Å². The summed E-state index contributed by atoms with van der Waals surface area (Å²) >= 11 is 19.0. The van der Waals surface area contributed by atoms with Gasteiger partial charge in [-0.1, -0.05) is 73.3 Å². The number of nitrogens with zero attached hydrogens (tertiary/aromatic N) is 1. The molecule has 0 aromatic heterocycles. The summed E-state index contributed by atoms with van der Waals surface area (Å²) in [5, 5.41) is 3.62. The van der Waals surface area contributed by atoms with Gasteiger partial charge >= 0.3 is 0 Å². The van der Waals surface area contributed by atoms with Crippen molar-refractivity contribution in [3.63, 3.8) is 0 Å². The summed E-state index contributed by atoms with van der Waals surface area (Å²) in [6, 6.07) is 18.3. The van der Waals surface area contributed by atoms with Gasteiger partial charge in [-0.05, 0) is 66.6 Å². The number of benzene rings is 3. The summed E-state index contributed by atoms with van der Waals surface area (Å²) in [6.45, 7) is 1.37. The van der Waals surface area contributed by atoms with E-state index in [0.717, 1.165) is 18.8 Å². The molecule has 0 bridgehead atoms. The molecule has 0 saturated heterocycles. The van der Waals surface area contributed by atoms with Crippen LogP contribution in [0, 0.1) is 0 Å². The van der Waals surface area contributed by atoms with Crippen LogP contribution < -0.4 is 5.32 Å². The number of rotatable bonds is 8. The molecule has 0 aliphatic rings. The first kappa shape index (κ1) is 26.2. The van der Waals surface area contributed by atoms with Crippen LogP contribution in [-0.4, -0.2) is 25.2 Å². The lowest BCUT2D eigenvalue weighted by Gasteiger charge is -2.24. The zero-order valence-corrected chi connectivity index (χ0v) is 22.9. The molecule has 3 rings (SSSR count). The van der Waals surface area contributed by atoms with Crippen molar-refractivity contribution in [1.29, 1.82) is 0 Å². The molecule has 0 heterocycles. The summed E-state index contributed by atoms with van der Waals surface area (Å²) in [5.41, 5.74) is 1.44. The van der Waals surface area contributed by atoms with E-state index in [4.69, 9.17) is 23.2 Å². The number of amides is 1. The lowest BCUT2D eigenvalue weighted by Crippen LogP contribution is -2.41. The molecule has 1 N–H and O–H groups in total. The van der Waals surface area contributed by atoms with Gasteiger partial charge in [-0.2, -0.15) is 4.31 Å². The van der Waals surface area contributed by atoms with Crippen molar-refractivity contribution in [2.75, 3.05) is 6.54 Å². The largest absolute Gasteiger partial charge is 0.348 e. The van der Waals surface area contributed by atoms with Gasteiger partial charge in [0.2, 0.25) is 15.9 Å². The summed E-state index contributed by atoms with van der Waals surface area (Å²) in [7, 11) is -3.99. The minimum atomic E-state index is -3.99. The van der Waals surface area contributed by atoms with Crippen molar-refractivity contribution in [2.24, 2.45) is 0 Å². The van der Waals surface area contributed by atoms with Gasteiger partial charge in [-0.15, -0.1) is 0 Å². The number of hydrogen-bond donors (Lipinski definition) is 1. The number of halogens is 4. The normalized spacial score (nSPS) is 12.5. The van der Waals surface area contributed by atoms with Crippen molar-refractivity contribution in [3.05, 3.63) is 96.8 Å². The average Bonchev–Trinajstić information content (AvgIpc) is 2.75. The fourth-order valence-electron chi connectivity index (χ4n) is 3.10. The fourth-order valence-corrected chi connectivity index (χ4v) is 5.47. The zero-order chi connectivity index (χ0) is 24.2. The third-order valence-electron chi connectivity index (χ3n) is 4.88. The van der Waals surface area contributed by atoms with Crippen LogP contribution in [0.5, 0.6) is 0 Å². The van der Waals surface area contributed by atoms with Gasteiger partial charge in [0.15, 0.2) is 0 Å². The molecule has 174 valence electrons. The van der Waals surface area contributed by atoms with Crippen LogP contribution >= 0.6 is 55.1 Å². The van der Waals surface area contributed by atoms with Crippen LogP contribution in [0.25, 0.3) is 0 Å². The van der Waals surface area contributed by atoms with E-state index in [9.17, 15) is 13.2 Å². The van der Waals surface area contributed by atoms with Gasteiger partial charge in [-0.25, -0.2) is 8.42 Å². The van der Waals surface area contributed by atoms with E-state index >= 15 is 0 Å². The SMILES string of the molecule is C[C@H](NC(=O)CN(Cc1ccc(Cl)cc1Cl)S(=O)(=O)c1ccc(Br)cc1)c1ccc(Br)cc1. The molecule has 1 amide bonds. The van der Waals surface area contributed by atoms with Crippen LogP contribution in [0.3, 0.4) is 0 Å². The standard InChI is InChI=1S/C23H20Br2Cl2N2O3S/c1-15(16-2-5-18(24)6-3-16)28-23(30)14-29(13-17-4-9-20(26)12-22(17)27)33(31,32)21-10-7-19(25)8-11-21/h2-12,15H,13-14H2,1H3,(H,28,30)/t15-/m0/s1. The molecule has 0 radical (unpaired) electrons. The van der Waals surface area contributed by atoms with Gasteiger partial charge in [0.05, 0.1) is 17.5 Å². The van der Waals surface area contributed by atoms with Gasteiger partial charge in [0.25, 0.3) is 0 Å². The quantitative estimate of drug-likeness (QED) is 0.304. The Bertz CT molecular complexity index is 1240. The van der Waals surface area contributed by atoms with Crippen LogP contribution in [0.4, 0.5) is 0 Å². The molecule has 0 unspecified atom stereocenters. The molecule has 10 heteroatoms. The third kappa shape index (κ3) is 7.04. The molecule has 0 spiro atoms. The first-order valence-electron chi connectivity index (χ1n) is 9.81. The Morgan fingerprint density at radius 2 is 1.55 bits per heavy atom. The molecule has 3 aromatic carbocycles. The maximum absolute atomic E-state index is 13.4. The van der Waals surface area contributed by atoms with Gasteiger partial charge in [0, 0.05) is 25.5 Å². The predicted molar refractivity (Wildman–Crippen MR) is 139 cm³/mol. The maximum Gasteiger partial charge on any atom is 0.243 e. The van der Waals surface area contributed by atoms with Crippen molar-refractivity contribution in [3.8, 4) is 0 Å². The van der Waals surface area contributed by atoms with E-state index in [1.165, 1.54) is 12.1 Å². The monoisotopic (exact) mass is 632 g/mol. The summed E-state index contributed by atoms with van der Waals surface area (Å²) in [6.07, 6.45) is 0. The lowest BCUT2D eigenvalue weighted by atomic mass is 10.1. The van der Waals surface area contributed by atoms with Crippen LogP contribution in [0.15, 0.2) is 80.6 Å². The molecule has 33 heavy (non-hydrogen) atoms. The molecule has 0 aliphatic heterocycles. The lowest BCUT2D eigenvalue weighted by molar-refractivity contribution is -0.122. The van der Waals surface area contributed by atoms with Crippen molar-refractivity contribution >= 4 is 71.0 Å². The van der Waals surface area contributed by atoms with E-state index in [0.29, 0.717) is 15.6 Å². The molecule has 0 saturated carbocycles. The number of carbonyl (C=O) groups excluding carboxylic acids is 1. The molecular weight excluding hydrogens is 615 g/mol. The first-order chi connectivity index (χ1) is 15.6. The van der Waals surface area contributed by atoms with Crippen molar-refractivity contribution in [2.45, 2.75) is 24.4 Å². The Morgan fingerprint density at radius 1 is 0.970 bits per heavy atom. The van der Waals surface area contributed by atoms with Crippen molar-refractivity contribution in [1.82, 2.24) is 9.62 Å². The second-order valence-electron chi connectivity index (χ2n) is 7.30. The fraction of sp³-hybridized carbons (Fsp3) is 0.174. The van der Waals surface area contributed by atoms with Crippen LogP contribution in [0.1, 0.15) is 24.1 Å². The topological polar surface area (TPSA) is 66.5 Å². The van der Waals surface area contributed by atoms with E-state index in [-0.39, 0.29) is 24.0 Å². The van der Waals surface area contributed by atoms with E-state index in [1.807, 2.05) is 31.2 Å². The molecule has 1 atom stereocenters. The highest BCUT2D eigenvalue weighted by Gasteiger charge is 2.28. The Kier molecular flexibility index (Phi) is 9.00. The van der Waals surface area contributed by atoms with Gasteiger partial charge < -0.3 is 5.32 Å². The average molecular weight is 635 g/mol. The minimum Gasteiger partial charge on any atom is -0.348 e. The maximum atomic E-state index is 13.4. The zero-order valence-electron chi connectivity index (χ0n) is 17.4. The Balaban J connectivity index is 1.86. The number of nitrogens with one attached hydrogen (secondary N) is 1. The molecular formula is C23H20Br2Cl2N2O3S. The first-order valence-corrected chi connectivity index (χ1v) is 13.6. The highest BCUT2D eigenvalue weighted by molar-refractivity contribution is 9.10. The second-order valence-corrected chi connectivity index (χ2v) is 11.9. The highest BCUT2D eigenvalue weighted by Crippen LogP contribution is 2.26. The summed E-state index contributed by atoms with van der Waals surface area (Å²) < 4.78 is 29.6. The van der Waals surface area contributed by atoms with Gasteiger partial charge in [0.1, 0.15) is 0 Å². The number of hydrogen-bond acceptors (Lipinski definition) is 3. The molecule has 5 nitrogen and oxygen atoms in total. The third-order valence-corrected chi connectivity index (χ3v) is 8.33. The van der Waals surface area contributed by atoms with E-state index in [2.05, 4.69) is 37.2 Å².